The maximum atomic E-state index is 12.1. The molecule has 1 amide bonds. The zero-order chi connectivity index (χ0) is 18.7. The maximum Gasteiger partial charge on any atom is 0.250 e. The lowest BCUT2D eigenvalue weighted by Crippen LogP contribution is -2.21. The molecule has 0 radical (unpaired) electrons. The zero-order valence-electron chi connectivity index (χ0n) is 14.2. The number of fused-ring (bicyclic) bond motifs is 1. The molecule has 1 aromatic heterocycles. The van der Waals surface area contributed by atoms with E-state index in [1.165, 1.54) is 11.8 Å². The monoisotopic (exact) mass is 406 g/mol. The lowest BCUT2D eigenvalue weighted by atomic mass is 10.1. The number of hydrogen-bond donors (Lipinski definition) is 1. The second-order valence-corrected chi connectivity index (χ2v) is 7.35. The zero-order valence-corrected chi connectivity index (χ0v) is 16.5. The van der Waals surface area contributed by atoms with Gasteiger partial charge >= 0.3 is 0 Å². The molecular formula is C18H16Cl2N4OS. The van der Waals surface area contributed by atoms with Gasteiger partial charge in [-0.15, -0.1) is 0 Å². The van der Waals surface area contributed by atoms with Gasteiger partial charge in [0.2, 0.25) is 0 Å². The molecule has 1 N–H and O–H groups in total. The van der Waals surface area contributed by atoms with Crippen LogP contribution in [0.4, 0.5) is 0 Å². The fraction of sp³-hybridized carbons (Fsp3) is 0.167. The molecule has 0 saturated heterocycles. The van der Waals surface area contributed by atoms with E-state index in [0.717, 1.165) is 21.8 Å². The number of amides is 1. The van der Waals surface area contributed by atoms with Gasteiger partial charge in [-0.05, 0) is 36.8 Å². The number of carbonyl (C=O) groups is 1. The van der Waals surface area contributed by atoms with Gasteiger partial charge < -0.3 is 4.57 Å². The molecule has 2 aromatic carbocycles. The summed E-state index contributed by atoms with van der Waals surface area (Å²) in [5.74, 6) is 0.0106. The van der Waals surface area contributed by atoms with Crippen LogP contribution in [0.3, 0.4) is 0 Å². The van der Waals surface area contributed by atoms with Crippen LogP contribution in [0, 0.1) is 0 Å². The third kappa shape index (κ3) is 4.20. The molecular weight excluding hydrogens is 391 g/mol. The minimum absolute atomic E-state index is 0.207. The number of aryl methyl sites for hydroxylation is 1. The molecule has 0 spiro atoms. The number of carbonyl (C=O) groups excluding carboxylic acids is 1. The van der Waals surface area contributed by atoms with E-state index in [1.54, 1.807) is 25.1 Å². The number of para-hydroxylation sites is 2. The summed E-state index contributed by atoms with van der Waals surface area (Å²) in [7, 11) is 1.93. The normalized spacial score (nSPS) is 11.8. The third-order valence-electron chi connectivity index (χ3n) is 3.76. The number of imidazole rings is 1. The SMILES string of the molecule is C/C(=N\NC(=O)CSc1nc2ccccc2n1C)c1ccc(Cl)c(Cl)c1. The quantitative estimate of drug-likeness (QED) is 0.385. The van der Waals surface area contributed by atoms with Crippen LogP contribution in [0.15, 0.2) is 52.7 Å². The van der Waals surface area contributed by atoms with Gasteiger partial charge in [0.15, 0.2) is 5.16 Å². The minimum atomic E-state index is -0.207. The minimum Gasteiger partial charge on any atom is -0.322 e. The van der Waals surface area contributed by atoms with Crippen LogP contribution in [0.5, 0.6) is 0 Å². The molecule has 0 aliphatic carbocycles. The van der Waals surface area contributed by atoms with Crippen LogP contribution in [-0.4, -0.2) is 26.9 Å². The van der Waals surface area contributed by atoms with E-state index in [1.807, 2.05) is 35.9 Å². The number of hydrazone groups is 1. The Labute approximate surface area is 165 Å². The molecule has 0 bridgehead atoms. The fourth-order valence-corrected chi connectivity index (χ4v) is 3.42. The van der Waals surface area contributed by atoms with Crippen LogP contribution >= 0.6 is 35.0 Å². The van der Waals surface area contributed by atoms with Gasteiger partial charge in [-0.3, -0.25) is 4.79 Å². The van der Waals surface area contributed by atoms with Gasteiger partial charge in [0, 0.05) is 7.05 Å². The number of halogens is 2. The second kappa shape index (κ2) is 8.12. The molecule has 0 fully saturated rings. The van der Waals surface area contributed by atoms with Crippen LogP contribution in [-0.2, 0) is 11.8 Å². The van der Waals surface area contributed by atoms with E-state index in [4.69, 9.17) is 23.2 Å². The van der Waals surface area contributed by atoms with E-state index < -0.39 is 0 Å². The summed E-state index contributed by atoms with van der Waals surface area (Å²) >= 11 is 13.3. The predicted molar refractivity (Wildman–Crippen MR) is 108 cm³/mol. The first-order chi connectivity index (χ1) is 12.5. The molecule has 5 nitrogen and oxygen atoms in total. The smallest absolute Gasteiger partial charge is 0.250 e. The average molecular weight is 407 g/mol. The summed E-state index contributed by atoms with van der Waals surface area (Å²) in [6.45, 7) is 1.79. The van der Waals surface area contributed by atoms with Crippen LogP contribution in [0.25, 0.3) is 11.0 Å². The van der Waals surface area contributed by atoms with Crippen molar-refractivity contribution in [2.75, 3.05) is 5.75 Å². The summed E-state index contributed by atoms with van der Waals surface area (Å²) in [6, 6.07) is 13.1. The van der Waals surface area contributed by atoms with Crippen molar-refractivity contribution in [2.45, 2.75) is 12.1 Å². The number of nitrogens with zero attached hydrogens (tertiary/aromatic N) is 3. The van der Waals surface area contributed by atoms with Crippen molar-refractivity contribution in [1.29, 1.82) is 0 Å². The molecule has 0 unspecified atom stereocenters. The number of hydrogen-bond acceptors (Lipinski definition) is 4. The number of nitrogens with one attached hydrogen (secondary N) is 1. The van der Waals surface area contributed by atoms with Gasteiger partial charge in [0.05, 0.1) is 32.5 Å². The van der Waals surface area contributed by atoms with Gasteiger partial charge in [0.25, 0.3) is 5.91 Å². The highest BCUT2D eigenvalue weighted by atomic mass is 35.5. The Hall–Kier alpha value is -2.02. The number of thioether (sulfide) groups is 1. The van der Waals surface area contributed by atoms with Crippen molar-refractivity contribution < 1.29 is 4.79 Å². The van der Waals surface area contributed by atoms with E-state index in [9.17, 15) is 4.79 Å². The molecule has 3 aromatic rings. The van der Waals surface area contributed by atoms with Gasteiger partial charge in [0.1, 0.15) is 0 Å². The predicted octanol–water partition coefficient (Wildman–Crippen LogP) is 4.51. The Morgan fingerprint density at radius 3 is 2.73 bits per heavy atom. The summed E-state index contributed by atoms with van der Waals surface area (Å²) in [5, 5.41) is 5.83. The molecule has 8 heteroatoms. The van der Waals surface area contributed by atoms with Gasteiger partial charge in [-0.1, -0.05) is 53.2 Å². The largest absolute Gasteiger partial charge is 0.322 e. The van der Waals surface area contributed by atoms with Crippen molar-refractivity contribution in [3.63, 3.8) is 0 Å². The molecule has 0 atom stereocenters. The van der Waals surface area contributed by atoms with E-state index >= 15 is 0 Å². The van der Waals surface area contributed by atoms with Crippen molar-refractivity contribution in [3.05, 3.63) is 58.1 Å². The summed E-state index contributed by atoms with van der Waals surface area (Å²) in [5.41, 5.74) is 5.93. The Bertz CT molecular complexity index is 1000. The Morgan fingerprint density at radius 1 is 1.23 bits per heavy atom. The summed E-state index contributed by atoms with van der Waals surface area (Å²) in [4.78, 5) is 16.6. The average Bonchev–Trinajstić information content (AvgIpc) is 2.96. The number of aromatic nitrogens is 2. The Kier molecular flexibility index (Phi) is 5.86. The fourth-order valence-electron chi connectivity index (χ4n) is 2.35. The number of rotatable bonds is 5. The lowest BCUT2D eigenvalue weighted by molar-refractivity contribution is -0.118. The van der Waals surface area contributed by atoms with E-state index in [0.29, 0.717) is 15.8 Å². The van der Waals surface area contributed by atoms with Crippen LogP contribution < -0.4 is 5.43 Å². The first kappa shape index (κ1) is 18.8. The van der Waals surface area contributed by atoms with Crippen molar-refractivity contribution in [2.24, 2.45) is 12.1 Å². The van der Waals surface area contributed by atoms with Crippen molar-refractivity contribution >= 4 is 57.6 Å². The first-order valence-electron chi connectivity index (χ1n) is 7.78. The molecule has 0 aliphatic rings. The Balaban J connectivity index is 1.61. The van der Waals surface area contributed by atoms with Crippen molar-refractivity contribution in [1.82, 2.24) is 15.0 Å². The highest BCUT2D eigenvalue weighted by Gasteiger charge is 2.10. The van der Waals surface area contributed by atoms with Gasteiger partial charge in [-0.25, -0.2) is 10.4 Å². The highest BCUT2D eigenvalue weighted by Crippen LogP contribution is 2.23. The third-order valence-corrected chi connectivity index (χ3v) is 5.53. The van der Waals surface area contributed by atoms with Crippen LogP contribution in [0.1, 0.15) is 12.5 Å². The number of benzene rings is 2. The highest BCUT2D eigenvalue weighted by molar-refractivity contribution is 7.99. The summed E-state index contributed by atoms with van der Waals surface area (Å²) < 4.78 is 1.97. The lowest BCUT2D eigenvalue weighted by Gasteiger charge is -2.05. The molecule has 3 rings (SSSR count). The standard InChI is InChI=1S/C18H16Cl2N4OS/c1-11(12-7-8-13(19)14(20)9-12)22-23-17(25)10-26-18-21-15-5-3-4-6-16(15)24(18)2/h3-9H,10H2,1-2H3,(H,23,25)/b22-11+. The maximum absolute atomic E-state index is 12.1. The first-order valence-corrected chi connectivity index (χ1v) is 9.52. The van der Waals surface area contributed by atoms with Gasteiger partial charge in [-0.2, -0.15) is 5.10 Å². The second-order valence-electron chi connectivity index (χ2n) is 5.59. The molecule has 26 heavy (non-hydrogen) atoms. The van der Waals surface area contributed by atoms with E-state index in [-0.39, 0.29) is 11.7 Å². The topological polar surface area (TPSA) is 59.3 Å². The molecule has 0 aliphatic heterocycles. The molecule has 0 saturated carbocycles. The van der Waals surface area contributed by atoms with Crippen molar-refractivity contribution in [3.8, 4) is 0 Å². The van der Waals surface area contributed by atoms with E-state index in [2.05, 4.69) is 15.5 Å². The van der Waals surface area contributed by atoms with Crippen LogP contribution in [0.2, 0.25) is 10.0 Å². The molecule has 1 heterocycles. The Morgan fingerprint density at radius 2 is 2.00 bits per heavy atom. The summed E-state index contributed by atoms with van der Waals surface area (Å²) in [6.07, 6.45) is 0. The molecule has 134 valence electrons.